The largest absolute Gasteiger partial charge is 0.378 e. The van der Waals surface area contributed by atoms with Crippen molar-refractivity contribution in [2.75, 3.05) is 43.1 Å². The molecule has 9 heteroatoms. The zero-order valence-corrected chi connectivity index (χ0v) is 11.2. The summed E-state index contributed by atoms with van der Waals surface area (Å²) in [6.45, 7) is 4.44. The van der Waals surface area contributed by atoms with Gasteiger partial charge < -0.3 is 15.0 Å². The third-order valence-corrected chi connectivity index (χ3v) is 2.84. The van der Waals surface area contributed by atoms with Gasteiger partial charge in [0, 0.05) is 19.6 Å². The van der Waals surface area contributed by atoms with E-state index in [-0.39, 0.29) is 22.6 Å². The summed E-state index contributed by atoms with van der Waals surface area (Å²) in [7, 11) is 0. The molecule has 1 aromatic rings. The molecule has 2 heterocycles. The van der Waals surface area contributed by atoms with Gasteiger partial charge in [-0.05, 0) is 18.5 Å². The highest BCUT2D eigenvalue weighted by atomic mass is 35.5. The zero-order valence-electron chi connectivity index (χ0n) is 10.4. The Kier molecular flexibility index (Phi) is 4.33. The van der Waals surface area contributed by atoms with E-state index in [1.807, 2.05) is 6.92 Å². The first kappa shape index (κ1) is 13.8. The fraction of sp³-hybridized carbons (Fsp3) is 0.600. The molecule has 8 nitrogen and oxygen atoms in total. The van der Waals surface area contributed by atoms with Crippen molar-refractivity contribution in [2.45, 2.75) is 6.92 Å². The van der Waals surface area contributed by atoms with Gasteiger partial charge in [-0.3, -0.25) is 10.1 Å². The van der Waals surface area contributed by atoms with Crippen LogP contribution in [-0.4, -0.2) is 47.7 Å². The molecule has 1 aliphatic heterocycles. The number of rotatable bonds is 4. The van der Waals surface area contributed by atoms with Crippen LogP contribution in [0.1, 0.15) is 6.92 Å². The van der Waals surface area contributed by atoms with Gasteiger partial charge in [0.25, 0.3) is 0 Å². The Bertz CT molecular complexity index is 478. The van der Waals surface area contributed by atoms with Crippen molar-refractivity contribution >= 4 is 28.9 Å². The van der Waals surface area contributed by atoms with Crippen molar-refractivity contribution < 1.29 is 9.66 Å². The smallest absolute Gasteiger partial charge is 0.353 e. The maximum atomic E-state index is 11.3. The van der Waals surface area contributed by atoms with E-state index in [2.05, 4.69) is 15.3 Å². The highest BCUT2D eigenvalue weighted by molar-refractivity contribution is 6.28. The van der Waals surface area contributed by atoms with E-state index in [9.17, 15) is 10.1 Å². The van der Waals surface area contributed by atoms with Crippen molar-refractivity contribution in [3.05, 3.63) is 15.4 Å². The number of hydrogen-bond acceptors (Lipinski definition) is 7. The summed E-state index contributed by atoms with van der Waals surface area (Å²) in [6, 6.07) is 0. The van der Waals surface area contributed by atoms with Gasteiger partial charge in [0.1, 0.15) is 0 Å². The molecular formula is C10H14ClN5O3. The van der Waals surface area contributed by atoms with Gasteiger partial charge in [0.05, 0.1) is 18.1 Å². The molecule has 0 aromatic carbocycles. The minimum atomic E-state index is -0.487. The molecule has 0 amide bonds. The van der Waals surface area contributed by atoms with Crippen molar-refractivity contribution in [1.29, 1.82) is 0 Å². The Balaban J connectivity index is 2.47. The summed E-state index contributed by atoms with van der Waals surface area (Å²) in [4.78, 5) is 20.4. The molecule has 0 unspecified atom stereocenters. The van der Waals surface area contributed by atoms with Crippen molar-refractivity contribution in [1.82, 2.24) is 9.97 Å². The summed E-state index contributed by atoms with van der Waals surface area (Å²) >= 11 is 5.84. The fourth-order valence-electron chi connectivity index (χ4n) is 1.87. The third-order valence-electron chi connectivity index (χ3n) is 2.68. The van der Waals surface area contributed by atoms with E-state index in [1.54, 1.807) is 4.90 Å². The lowest BCUT2D eigenvalue weighted by atomic mass is 10.3. The summed E-state index contributed by atoms with van der Waals surface area (Å²) in [5.74, 6) is 0.387. The summed E-state index contributed by atoms with van der Waals surface area (Å²) in [6.07, 6.45) is 0. The molecule has 0 aliphatic carbocycles. The van der Waals surface area contributed by atoms with Crippen LogP contribution in [-0.2, 0) is 4.74 Å². The first-order valence-electron chi connectivity index (χ1n) is 5.92. The standard InChI is InChI=1S/C10H14ClN5O3/c1-2-12-8-7(16(17)18)9(14-10(11)13-8)15-3-5-19-6-4-15/h2-6H2,1H3,(H,12,13,14). The predicted molar refractivity (Wildman–Crippen MR) is 70.9 cm³/mol. The lowest BCUT2D eigenvalue weighted by Crippen LogP contribution is -2.37. The van der Waals surface area contributed by atoms with E-state index in [0.29, 0.717) is 32.8 Å². The monoisotopic (exact) mass is 287 g/mol. The number of nitrogens with zero attached hydrogens (tertiary/aromatic N) is 4. The van der Waals surface area contributed by atoms with E-state index in [0.717, 1.165) is 0 Å². The second-order valence-electron chi connectivity index (χ2n) is 3.90. The molecule has 1 aliphatic rings. The highest BCUT2D eigenvalue weighted by Gasteiger charge is 2.29. The minimum Gasteiger partial charge on any atom is -0.378 e. The van der Waals surface area contributed by atoms with Crippen LogP contribution in [0.3, 0.4) is 0 Å². The average Bonchev–Trinajstić information content (AvgIpc) is 2.39. The van der Waals surface area contributed by atoms with E-state index in [1.165, 1.54) is 0 Å². The first-order chi connectivity index (χ1) is 9.13. The summed E-state index contributed by atoms with van der Waals surface area (Å²) < 4.78 is 5.23. The van der Waals surface area contributed by atoms with Crippen LogP contribution in [0.25, 0.3) is 0 Å². The number of nitrogens with one attached hydrogen (secondary N) is 1. The minimum absolute atomic E-state index is 0.0111. The highest BCUT2D eigenvalue weighted by Crippen LogP contribution is 2.33. The van der Waals surface area contributed by atoms with Gasteiger partial charge in [-0.15, -0.1) is 0 Å². The molecule has 2 rings (SSSR count). The van der Waals surface area contributed by atoms with Crippen LogP contribution in [0.2, 0.25) is 5.28 Å². The second kappa shape index (κ2) is 5.98. The van der Waals surface area contributed by atoms with Gasteiger partial charge in [0.2, 0.25) is 16.9 Å². The van der Waals surface area contributed by atoms with Gasteiger partial charge in [0.15, 0.2) is 0 Å². The average molecular weight is 288 g/mol. The molecular weight excluding hydrogens is 274 g/mol. The second-order valence-corrected chi connectivity index (χ2v) is 4.24. The number of aromatic nitrogens is 2. The molecule has 1 saturated heterocycles. The normalized spacial score (nSPS) is 15.4. The molecule has 0 spiro atoms. The molecule has 0 bridgehead atoms. The summed E-state index contributed by atoms with van der Waals surface area (Å²) in [5, 5.41) is 14.1. The maximum Gasteiger partial charge on any atom is 0.353 e. The van der Waals surface area contributed by atoms with Crippen molar-refractivity contribution in [3.63, 3.8) is 0 Å². The molecule has 0 saturated carbocycles. The Morgan fingerprint density at radius 3 is 2.74 bits per heavy atom. The number of morpholine rings is 1. The topological polar surface area (TPSA) is 93.4 Å². The lowest BCUT2D eigenvalue weighted by molar-refractivity contribution is -0.383. The predicted octanol–water partition coefficient (Wildman–Crippen LogP) is 1.31. The fourth-order valence-corrected chi connectivity index (χ4v) is 2.04. The molecule has 0 atom stereocenters. The van der Waals surface area contributed by atoms with E-state index in [4.69, 9.17) is 16.3 Å². The molecule has 0 radical (unpaired) electrons. The number of halogens is 1. The van der Waals surface area contributed by atoms with E-state index < -0.39 is 4.92 Å². The number of ether oxygens (including phenoxy) is 1. The molecule has 1 aromatic heterocycles. The van der Waals surface area contributed by atoms with Crippen LogP contribution >= 0.6 is 11.6 Å². The van der Waals surface area contributed by atoms with Crippen LogP contribution in [0.15, 0.2) is 0 Å². The van der Waals surface area contributed by atoms with Gasteiger partial charge >= 0.3 is 5.69 Å². The number of hydrogen-bond donors (Lipinski definition) is 1. The maximum absolute atomic E-state index is 11.3. The lowest BCUT2D eigenvalue weighted by Gasteiger charge is -2.27. The van der Waals surface area contributed by atoms with Crippen LogP contribution in [0.5, 0.6) is 0 Å². The summed E-state index contributed by atoms with van der Waals surface area (Å²) in [5.41, 5.74) is -0.145. The number of nitro groups is 1. The van der Waals surface area contributed by atoms with Crippen LogP contribution in [0.4, 0.5) is 17.3 Å². The van der Waals surface area contributed by atoms with Gasteiger partial charge in [-0.25, -0.2) is 0 Å². The Morgan fingerprint density at radius 2 is 2.16 bits per heavy atom. The van der Waals surface area contributed by atoms with Crippen molar-refractivity contribution in [2.24, 2.45) is 0 Å². The molecule has 104 valence electrons. The Morgan fingerprint density at radius 1 is 1.47 bits per heavy atom. The quantitative estimate of drug-likeness (QED) is 0.507. The molecule has 1 fully saturated rings. The Hall–Kier alpha value is -1.67. The zero-order chi connectivity index (χ0) is 13.8. The SMILES string of the molecule is CCNc1nc(Cl)nc(N2CCOCC2)c1[N+](=O)[O-]. The van der Waals surface area contributed by atoms with Crippen LogP contribution in [0, 0.1) is 10.1 Å². The van der Waals surface area contributed by atoms with Gasteiger partial charge in [-0.1, -0.05) is 0 Å². The van der Waals surface area contributed by atoms with Crippen molar-refractivity contribution in [3.8, 4) is 0 Å². The Labute approximate surface area is 114 Å². The first-order valence-corrected chi connectivity index (χ1v) is 6.29. The molecule has 19 heavy (non-hydrogen) atoms. The number of anilines is 2. The van der Waals surface area contributed by atoms with Gasteiger partial charge in [-0.2, -0.15) is 9.97 Å². The van der Waals surface area contributed by atoms with Crippen LogP contribution < -0.4 is 10.2 Å². The third kappa shape index (κ3) is 3.02. The molecule has 1 N–H and O–H groups in total. The van der Waals surface area contributed by atoms with E-state index >= 15 is 0 Å².